The average Bonchev–Trinajstić information content (AvgIpc) is 2.64. The highest BCUT2D eigenvalue weighted by atomic mass is 35.5. The summed E-state index contributed by atoms with van der Waals surface area (Å²) < 4.78 is 1.58. The summed E-state index contributed by atoms with van der Waals surface area (Å²) in [6.45, 7) is 4.17. The molecule has 1 aromatic heterocycles. The Morgan fingerprint density at radius 1 is 1.11 bits per heavy atom. The summed E-state index contributed by atoms with van der Waals surface area (Å²) in [7, 11) is 1.67. The van der Waals surface area contributed by atoms with Crippen molar-refractivity contribution in [3.8, 4) is 5.69 Å². The van der Waals surface area contributed by atoms with Crippen LogP contribution in [0.4, 0.5) is 0 Å². The van der Waals surface area contributed by atoms with Crippen LogP contribution in [0.5, 0.6) is 0 Å². The molecule has 5 nitrogen and oxygen atoms in total. The molecule has 0 aliphatic carbocycles. The van der Waals surface area contributed by atoms with E-state index in [1.54, 1.807) is 42.9 Å². The molecule has 0 radical (unpaired) electrons. The molecule has 1 heterocycles. The third kappa shape index (κ3) is 4.09. The Kier molecular flexibility index (Phi) is 5.42. The van der Waals surface area contributed by atoms with Crippen molar-refractivity contribution < 1.29 is 4.79 Å². The zero-order valence-corrected chi connectivity index (χ0v) is 16.2. The number of hydrogen-bond donors (Lipinski definition) is 0. The number of benzene rings is 2. The van der Waals surface area contributed by atoms with Crippen LogP contribution in [0.15, 0.2) is 59.4 Å². The minimum Gasteiger partial charge on any atom is -0.336 e. The quantitative estimate of drug-likeness (QED) is 0.691. The highest BCUT2D eigenvalue weighted by molar-refractivity contribution is 6.30. The molecule has 0 N–H and O–H groups in total. The van der Waals surface area contributed by atoms with Crippen molar-refractivity contribution in [3.63, 3.8) is 0 Å². The second-order valence-electron chi connectivity index (χ2n) is 6.47. The van der Waals surface area contributed by atoms with Gasteiger partial charge >= 0.3 is 0 Å². The Hall–Kier alpha value is -2.92. The van der Waals surface area contributed by atoms with E-state index in [1.165, 1.54) is 11.0 Å². The minimum absolute atomic E-state index is 0.105. The molecule has 0 saturated carbocycles. The number of amides is 1. The molecule has 0 spiro atoms. The molecule has 0 fully saturated rings. The fourth-order valence-electron chi connectivity index (χ4n) is 2.83. The molecule has 3 rings (SSSR count). The highest BCUT2D eigenvalue weighted by Crippen LogP contribution is 2.15. The first-order chi connectivity index (χ1) is 12.9. The number of aromatic nitrogens is 2. The monoisotopic (exact) mass is 381 g/mol. The van der Waals surface area contributed by atoms with Crippen LogP contribution >= 0.6 is 11.6 Å². The summed E-state index contributed by atoms with van der Waals surface area (Å²) in [5, 5.41) is 4.93. The van der Waals surface area contributed by atoms with Crippen molar-refractivity contribution in [2.45, 2.75) is 20.4 Å². The van der Waals surface area contributed by atoms with E-state index in [0.29, 0.717) is 17.3 Å². The Labute approximate surface area is 162 Å². The van der Waals surface area contributed by atoms with E-state index in [1.807, 2.05) is 31.2 Å². The fraction of sp³-hybridized carbons (Fsp3) is 0.190. The van der Waals surface area contributed by atoms with Crippen molar-refractivity contribution in [3.05, 3.63) is 92.4 Å². The van der Waals surface area contributed by atoms with E-state index in [2.05, 4.69) is 5.10 Å². The lowest BCUT2D eigenvalue weighted by Gasteiger charge is -2.19. The molecular weight excluding hydrogens is 362 g/mol. The molecule has 0 aliphatic heterocycles. The second-order valence-corrected chi connectivity index (χ2v) is 6.91. The van der Waals surface area contributed by atoms with Crippen LogP contribution in [0.3, 0.4) is 0 Å². The number of carbonyl (C=O) groups excluding carboxylic acids is 1. The second kappa shape index (κ2) is 7.76. The van der Waals surface area contributed by atoms with Gasteiger partial charge in [-0.1, -0.05) is 35.9 Å². The summed E-state index contributed by atoms with van der Waals surface area (Å²) in [5.41, 5.74) is 2.99. The van der Waals surface area contributed by atoms with Crippen molar-refractivity contribution in [1.82, 2.24) is 14.7 Å². The molecule has 2 aromatic carbocycles. The normalized spacial score (nSPS) is 10.7. The van der Waals surface area contributed by atoms with Crippen LogP contribution in [0.1, 0.15) is 27.3 Å². The van der Waals surface area contributed by atoms with Crippen molar-refractivity contribution >= 4 is 17.5 Å². The number of aryl methyl sites for hydroxylation is 2. The predicted octanol–water partition coefficient (Wildman–Crippen LogP) is 3.77. The molecule has 0 atom stereocenters. The molecule has 0 bridgehead atoms. The van der Waals surface area contributed by atoms with E-state index in [9.17, 15) is 9.59 Å². The fourth-order valence-corrected chi connectivity index (χ4v) is 2.96. The third-order valence-electron chi connectivity index (χ3n) is 4.40. The van der Waals surface area contributed by atoms with Crippen LogP contribution in [0.2, 0.25) is 5.02 Å². The Morgan fingerprint density at radius 3 is 2.44 bits per heavy atom. The van der Waals surface area contributed by atoms with Gasteiger partial charge in [-0.25, -0.2) is 4.68 Å². The van der Waals surface area contributed by atoms with E-state index in [4.69, 9.17) is 11.6 Å². The number of hydrogen-bond acceptors (Lipinski definition) is 3. The van der Waals surface area contributed by atoms with Crippen LogP contribution < -0.4 is 5.43 Å². The Morgan fingerprint density at radius 2 is 1.78 bits per heavy atom. The average molecular weight is 382 g/mol. The Balaban J connectivity index is 1.94. The molecule has 1 amide bonds. The van der Waals surface area contributed by atoms with Crippen molar-refractivity contribution in [1.29, 1.82) is 0 Å². The number of carbonyl (C=O) groups is 1. The van der Waals surface area contributed by atoms with Gasteiger partial charge in [-0.2, -0.15) is 5.10 Å². The lowest BCUT2D eigenvalue weighted by atomic mass is 10.1. The minimum atomic E-state index is -0.411. The van der Waals surface area contributed by atoms with Crippen LogP contribution in [0, 0.1) is 13.8 Å². The van der Waals surface area contributed by atoms with Gasteiger partial charge in [0.25, 0.3) is 5.91 Å². The molecule has 0 unspecified atom stereocenters. The lowest BCUT2D eigenvalue weighted by Crippen LogP contribution is -2.33. The molecule has 0 saturated heterocycles. The van der Waals surface area contributed by atoms with Crippen molar-refractivity contribution in [2.24, 2.45) is 0 Å². The smallest absolute Gasteiger partial charge is 0.278 e. The van der Waals surface area contributed by atoms with Gasteiger partial charge in [0.1, 0.15) is 0 Å². The third-order valence-corrected chi connectivity index (χ3v) is 4.65. The summed E-state index contributed by atoms with van der Waals surface area (Å²) in [4.78, 5) is 26.8. The topological polar surface area (TPSA) is 55.2 Å². The van der Waals surface area contributed by atoms with Crippen LogP contribution in [0.25, 0.3) is 5.69 Å². The largest absolute Gasteiger partial charge is 0.336 e. The maximum Gasteiger partial charge on any atom is 0.278 e. The van der Waals surface area contributed by atoms with E-state index < -0.39 is 5.91 Å². The van der Waals surface area contributed by atoms with Gasteiger partial charge in [0.15, 0.2) is 5.69 Å². The summed E-state index contributed by atoms with van der Waals surface area (Å²) in [6, 6.07) is 16.3. The number of rotatable bonds is 4. The highest BCUT2D eigenvalue weighted by Gasteiger charge is 2.19. The van der Waals surface area contributed by atoms with Gasteiger partial charge in [-0.15, -0.1) is 0 Å². The maximum atomic E-state index is 12.9. The number of halogens is 1. The van der Waals surface area contributed by atoms with Gasteiger partial charge in [0, 0.05) is 30.4 Å². The van der Waals surface area contributed by atoms with E-state index in [0.717, 1.165) is 16.8 Å². The van der Waals surface area contributed by atoms with Gasteiger partial charge in [0.05, 0.1) is 5.69 Å². The molecule has 27 heavy (non-hydrogen) atoms. The molecular formula is C21H20ClN3O2. The molecule has 0 aliphatic rings. The lowest BCUT2D eigenvalue weighted by molar-refractivity contribution is 0.0775. The summed E-state index contributed by atoms with van der Waals surface area (Å²) >= 11 is 5.94. The van der Waals surface area contributed by atoms with Crippen LogP contribution in [-0.4, -0.2) is 27.6 Å². The first-order valence-corrected chi connectivity index (χ1v) is 8.91. The van der Waals surface area contributed by atoms with E-state index >= 15 is 0 Å². The zero-order valence-electron chi connectivity index (χ0n) is 15.4. The van der Waals surface area contributed by atoms with Gasteiger partial charge in [-0.05, 0) is 49.2 Å². The first kappa shape index (κ1) is 18.9. The van der Waals surface area contributed by atoms with Gasteiger partial charge in [0.2, 0.25) is 5.43 Å². The molecule has 138 valence electrons. The van der Waals surface area contributed by atoms with Gasteiger partial charge in [-0.3, -0.25) is 9.59 Å². The standard InChI is InChI=1S/C21H20ClN3O2/c1-14-6-4-5-7-16(14)13-24(3)21(27)20-19(26)12-15(2)25(23-20)18-10-8-17(22)9-11-18/h4-12H,13H2,1-3H3. The first-order valence-electron chi connectivity index (χ1n) is 8.53. The van der Waals surface area contributed by atoms with E-state index in [-0.39, 0.29) is 11.1 Å². The maximum absolute atomic E-state index is 12.9. The van der Waals surface area contributed by atoms with Crippen LogP contribution in [-0.2, 0) is 6.54 Å². The zero-order chi connectivity index (χ0) is 19.6. The predicted molar refractivity (Wildman–Crippen MR) is 107 cm³/mol. The summed E-state index contributed by atoms with van der Waals surface area (Å²) in [6.07, 6.45) is 0. The molecule has 6 heteroatoms. The SMILES string of the molecule is Cc1ccccc1CN(C)C(=O)c1nn(-c2ccc(Cl)cc2)c(C)cc1=O. The molecule has 3 aromatic rings. The summed E-state index contributed by atoms with van der Waals surface area (Å²) in [5.74, 6) is -0.411. The Bertz CT molecular complexity index is 1040. The van der Waals surface area contributed by atoms with Crippen molar-refractivity contribution in [2.75, 3.05) is 7.05 Å². The van der Waals surface area contributed by atoms with Gasteiger partial charge < -0.3 is 4.90 Å². The number of nitrogens with zero attached hydrogens (tertiary/aromatic N) is 3.